The van der Waals surface area contributed by atoms with Crippen molar-refractivity contribution in [1.82, 2.24) is 5.43 Å². The summed E-state index contributed by atoms with van der Waals surface area (Å²) in [7, 11) is 0. The van der Waals surface area contributed by atoms with E-state index in [-0.39, 0.29) is 23.2 Å². The fourth-order valence-electron chi connectivity index (χ4n) is 3.18. The highest BCUT2D eigenvalue weighted by Gasteiger charge is 2.45. The fourth-order valence-corrected chi connectivity index (χ4v) is 3.30. The van der Waals surface area contributed by atoms with Gasteiger partial charge in [-0.15, -0.1) is 0 Å². The Hall–Kier alpha value is -1.55. The maximum absolute atomic E-state index is 12.4. The van der Waals surface area contributed by atoms with E-state index in [9.17, 15) is 4.79 Å². The molecule has 1 aromatic rings. The fraction of sp³-hybridized carbons (Fsp3) is 0.500. The first-order valence-electron chi connectivity index (χ1n) is 7.18. The van der Waals surface area contributed by atoms with E-state index in [1.165, 1.54) is 0 Å². The number of halogens is 1. The van der Waals surface area contributed by atoms with Gasteiger partial charge >= 0.3 is 0 Å². The van der Waals surface area contributed by atoms with E-state index in [2.05, 4.69) is 24.4 Å². The van der Waals surface area contributed by atoms with Crippen LogP contribution in [-0.4, -0.2) is 24.1 Å². The molecule has 0 aromatic heterocycles. The average molecular weight is 307 g/mol. The molecule has 5 heteroatoms. The number of ketones is 1. The Kier molecular flexibility index (Phi) is 3.66. The highest BCUT2D eigenvalue weighted by atomic mass is 35.5. The topological polar surface area (TPSA) is 50.7 Å². The number of fused-ring (bicyclic) bond motifs is 1. The van der Waals surface area contributed by atoms with Crippen LogP contribution in [0.25, 0.3) is 0 Å². The molecule has 4 nitrogen and oxygen atoms in total. The number of hydrazone groups is 1. The number of carbonyl (C=O) groups excluding carboxylic acids is 1. The van der Waals surface area contributed by atoms with Gasteiger partial charge in [0.15, 0.2) is 0 Å². The molecule has 2 atom stereocenters. The van der Waals surface area contributed by atoms with Crippen LogP contribution < -0.4 is 10.2 Å². The second-order valence-corrected chi connectivity index (χ2v) is 7.01. The number of Topliss-reactive ketones (excluding diaryl/α,β-unsaturated/α-hetero) is 1. The van der Waals surface area contributed by atoms with Gasteiger partial charge in [0.05, 0.1) is 17.7 Å². The van der Waals surface area contributed by atoms with Gasteiger partial charge in [0.1, 0.15) is 18.1 Å². The summed E-state index contributed by atoms with van der Waals surface area (Å²) in [4.78, 5) is 12.4. The van der Waals surface area contributed by atoms with Gasteiger partial charge in [0, 0.05) is 11.4 Å². The van der Waals surface area contributed by atoms with E-state index in [0.29, 0.717) is 18.1 Å². The second kappa shape index (κ2) is 5.34. The smallest absolute Gasteiger partial charge is 0.144 e. The summed E-state index contributed by atoms with van der Waals surface area (Å²) in [5.74, 6) is 0.860. The van der Waals surface area contributed by atoms with Crippen molar-refractivity contribution in [1.29, 1.82) is 0 Å². The van der Waals surface area contributed by atoms with Gasteiger partial charge < -0.3 is 10.2 Å². The zero-order valence-corrected chi connectivity index (χ0v) is 13.0. The summed E-state index contributed by atoms with van der Waals surface area (Å²) in [5, 5.41) is 5.00. The molecule has 1 fully saturated rings. The molecule has 1 N–H and O–H groups in total. The van der Waals surface area contributed by atoms with Crippen molar-refractivity contribution in [2.45, 2.75) is 32.7 Å². The molecule has 0 spiro atoms. The molecule has 0 unspecified atom stereocenters. The number of nitrogens with one attached hydrogen (secondary N) is 1. The van der Waals surface area contributed by atoms with Crippen molar-refractivity contribution in [3.63, 3.8) is 0 Å². The first-order chi connectivity index (χ1) is 9.94. The van der Waals surface area contributed by atoms with Crippen molar-refractivity contribution >= 4 is 23.1 Å². The van der Waals surface area contributed by atoms with E-state index in [1.807, 2.05) is 12.1 Å². The van der Waals surface area contributed by atoms with Crippen molar-refractivity contribution in [2.24, 2.45) is 16.4 Å². The predicted molar refractivity (Wildman–Crippen MR) is 82.8 cm³/mol. The highest BCUT2D eigenvalue weighted by molar-refractivity contribution is 6.30. The Labute approximate surface area is 129 Å². The standard InChI is InChI=1S/C16H19ClN2O2/c1-16(2)7-12-15(14(20)8-16)13(19-18-12)9-21-11-5-3-10(17)4-6-11/h3-6,12,15,18H,7-9H2,1-2H3/t12-,15+/m0/s1. The van der Waals surface area contributed by atoms with Crippen LogP contribution in [0.4, 0.5) is 0 Å². The quantitative estimate of drug-likeness (QED) is 0.934. The lowest BCUT2D eigenvalue weighted by Gasteiger charge is -2.36. The highest BCUT2D eigenvalue weighted by Crippen LogP contribution is 2.38. The number of hydrogen-bond acceptors (Lipinski definition) is 4. The Morgan fingerprint density at radius 3 is 2.81 bits per heavy atom. The average Bonchev–Trinajstić information content (AvgIpc) is 2.79. The molecule has 1 saturated carbocycles. The number of hydrogen-bond donors (Lipinski definition) is 1. The van der Waals surface area contributed by atoms with E-state index in [4.69, 9.17) is 16.3 Å². The monoisotopic (exact) mass is 306 g/mol. The van der Waals surface area contributed by atoms with E-state index >= 15 is 0 Å². The SMILES string of the molecule is CC1(C)CC(=O)[C@H]2C(COc3ccc(Cl)cc3)=NN[C@H]2C1. The third kappa shape index (κ3) is 3.05. The maximum Gasteiger partial charge on any atom is 0.144 e. The molecule has 0 saturated heterocycles. The largest absolute Gasteiger partial charge is 0.488 e. The molecule has 0 amide bonds. The minimum Gasteiger partial charge on any atom is -0.488 e. The van der Waals surface area contributed by atoms with Crippen molar-refractivity contribution in [2.75, 3.05) is 6.61 Å². The van der Waals surface area contributed by atoms with Crippen molar-refractivity contribution in [3.05, 3.63) is 29.3 Å². The van der Waals surface area contributed by atoms with Crippen LogP contribution in [0.5, 0.6) is 5.75 Å². The van der Waals surface area contributed by atoms with Crippen LogP contribution in [0.15, 0.2) is 29.4 Å². The van der Waals surface area contributed by atoms with Gasteiger partial charge in [-0.2, -0.15) is 5.10 Å². The first-order valence-corrected chi connectivity index (χ1v) is 7.55. The summed E-state index contributed by atoms with van der Waals surface area (Å²) in [6, 6.07) is 7.30. The lowest BCUT2D eigenvalue weighted by atomic mass is 9.69. The van der Waals surface area contributed by atoms with Crippen LogP contribution in [0.2, 0.25) is 5.02 Å². The zero-order valence-electron chi connectivity index (χ0n) is 12.2. The van der Waals surface area contributed by atoms with Crippen LogP contribution in [0, 0.1) is 11.3 Å². The summed E-state index contributed by atoms with van der Waals surface area (Å²) >= 11 is 5.84. The molecular formula is C16H19ClN2O2. The number of rotatable bonds is 3. The summed E-state index contributed by atoms with van der Waals surface area (Å²) in [6.07, 6.45) is 1.56. The van der Waals surface area contributed by atoms with E-state index < -0.39 is 0 Å². The molecule has 1 aliphatic carbocycles. The first kappa shape index (κ1) is 14.4. The second-order valence-electron chi connectivity index (χ2n) is 6.57. The Balaban J connectivity index is 1.65. The molecule has 21 heavy (non-hydrogen) atoms. The van der Waals surface area contributed by atoms with Crippen LogP contribution >= 0.6 is 11.6 Å². The minimum absolute atomic E-state index is 0.0489. The predicted octanol–water partition coefficient (Wildman–Crippen LogP) is 3.05. The van der Waals surface area contributed by atoms with Gasteiger partial charge in [-0.1, -0.05) is 25.4 Å². The lowest BCUT2D eigenvalue weighted by molar-refractivity contribution is -0.126. The molecule has 1 heterocycles. The molecule has 0 radical (unpaired) electrons. The van der Waals surface area contributed by atoms with Gasteiger partial charge in [0.25, 0.3) is 0 Å². The Morgan fingerprint density at radius 1 is 1.38 bits per heavy atom. The van der Waals surface area contributed by atoms with E-state index in [0.717, 1.165) is 17.9 Å². The summed E-state index contributed by atoms with van der Waals surface area (Å²) < 4.78 is 5.71. The summed E-state index contributed by atoms with van der Waals surface area (Å²) in [6.45, 7) is 4.60. The molecule has 2 aliphatic rings. The Morgan fingerprint density at radius 2 is 2.10 bits per heavy atom. The summed E-state index contributed by atoms with van der Waals surface area (Å²) in [5.41, 5.74) is 3.96. The lowest BCUT2D eigenvalue weighted by Crippen LogP contribution is -2.46. The third-order valence-electron chi connectivity index (χ3n) is 4.11. The van der Waals surface area contributed by atoms with Crippen LogP contribution in [0.1, 0.15) is 26.7 Å². The third-order valence-corrected chi connectivity index (χ3v) is 4.36. The number of benzene rings is 1. The van der Waals surface area contributed by atoms with Crippen molar-refractivity contribution in [3.8, 4) is 5.75 Å². The van der Waals surface area contributed by atoms with Gasteiger partial charge in [0.2, 0.25) is 0 Å². The van der Waals surface area contributed by atoms with Gasteiger partial charge in [-0.25, -0.2) is 0 Å². The number of ether oxygens (including phenoxy) is 1. The van der Waals surface area contributed by atoms with Crippen LogP contribution in [0.3, 0.4) is 0 Å². The number of nitrogens with zero attached hydrogens (tertiary/aromatic N) is 1. The van der Waals surface area contributed by atoms with Gasteiger partial charge in [-0.05, 0) is 36.1 Å². The number of carbonyl (C=O) groups is 1. The van der Waals surface area contributed by atoms with Crippen molar-refractivity contribution < 1.29 is 9.53 Å². The maximum atomic E-state index is 12.4. The molecule has 0 bridgehead atoms. The minimum atomic E-state index is -0.134. The molecule has 1 aliphatic heterocycles. The van der Waals surface area contributed by atoms with E-state index in [1.54, 1.807) is 12.1 Å². The molecule has 112 valence electrons. The van der Waals surface area contributed by atoms with Crippen LogP contribution in [-0.2, 0) is 4.79 Å². The molecule has 1 aromatic carbocycles. The Bertz CT molecular complexity index is 580. The molecular weight excluding hydrogens is 288 g/mol. The zero-order chi connectivity index (χ0) is 15.0. The normalized spacial score (nSPS) is 26.8. The van der Waals surface area contributed by atoms with Gasteiger partial charge in [-0.3, -0.25) is 4.79 Å². The molecule has 3 rings (SSSR count).